The van der Waals surface area contributed by atoms with Crippen LogP contribution >= 0.6 is 11.8 Å². The minimum absolute atomic E-state index is 0.335. The number of carbonyl (C=O) groups is 2. The average Bonchev–Trinajstić information content (AvgIpc) is 3.14. The zero-order valence-corrected chi connectivity index (χ0v) is 18.4. The largest absolute Gasteiger partial charge is 0.379 e. The summed E-state index contributed by atoms with van der Waals surface area (Å²) >= 11 is 0.928. The van der Waals surface area contributed by atoms with Gasteiger partial charge in [-0.2, -0.15) is 0 Å². The van der Waals surface area contributed by atoms with E-state index in [4.69, 9.17) is 4.74 Å². The van der Waals surface area contributed by atoms with Gasteiger partial charge < -0.3 is 4.74 Å². The lowest BCUT2D eigenvalue weighted by Gasteiger charge is -2.26. The van der Waals surface area contributed by atoms with E-state index in [2.05, 4.69) is 39.5 Å². The minimum Gasteiger partial charge on any atom is -0.379 e. The van der Waals surface area contributed by atoms with Gasteiger partial charge in [-0.25, -0.2) is 0 Å². The van der Waals surface area contributed by atoms with Crippen LogP contribution < -0.4 is 5.32 Å². The fourth-order valence-corrected chi connectivity index (χ4v) is 4.77. The number of fused-ring (bicyclic) bond motifs is 1. The second-order valence-electron chi connectivity index (χ2n) is 7.89. The zero-order valence-electron chi connectivity index (χ0n) is 17.5. The van der Waals surface area contributed by atoms with Gasteiger partial charge in [-0.05, 0) is 64.7 Å². The van der Waals surface area contributed by atoms with Crippen molar-refractivity contribution in [3.8, 4) is 11.1 Å². The van der Waals surface area contributed by atoms with Crippen LogP contribution in [0.2, 0.25) is 0 Å². The summed E-state index contributed by atoms with van der Waals surface area (Å²) in [6.45, 7) is 4.65. The molecule has 3 heterocycles. The first-order valence-corrected chi connectivity index (χ1v) is 11.5. The van der Waals surface area contributed by atoms with Crippen LogP contribution in [0.15, 0.2) is 59.6 Å². The number of aromatic nitrogens is 1. The summed E-state index contributed by atoms with van der Waals surface area (Å²) < 4.78 is 5.44. The summed E-state index contributed by atoms with van der Waals surface area (Å²) in [5.74, 6) is -0.348. The molecule has 0 saturated carbocycles. The molecule has 2 aromatic carbocycles. The van der Waals surface area contributed by atoms with E-state index in [9.17, 15) is 9.59 Å². The van der Waals surface area contributed by atoms with Crippen molar-refractivity contribution in [1.82, 2.24) is 15.2 Å². The number of rotatable bonds is 5. The Labute approximate surface area is 190 Å². The first-order valence-electron chi connectivity index (χ1n) is 10.7. The van der Waals surface area contributed by atoms with E-state index >= 15 is 0 Å². The van der Waals surface area contributed by atoms with E-state index in [1.54, 1.807) is 6.08 Å². The smallest absolute Gasteiger partial charge is 0.290 e. The number of hydrogen-bond donors (Lipinski definition) is 1. The van der Waals surface area contributed by atoms with Gasteiger partial charge in [0.15, 0.2) is 0 Å². The van der Waals surface area contributed by atoms with Crippen molar-refractivity contribution in [3.63, 3.8) is 0 Å². The number of carbonyl (C=O) groups excluding carboxylic acids is 2. The highest BCUT2D eigenvalue weighted by Gasteiger charge is 2.25. The van der Waals surface area contributed by atoms with E-state index < -0.39 is 0 Å². The average molecular weight is 446 g/mol. The second-order valence-corrected chi connectivity index (χ2v) is 8.91. The van der Waals surface area contributed by atoms with E-state index in [-0.39, 0.29) is 11.1 Å². The molecule has 2 amide bonds. The Balaban J connectivity index is 1.44. The van der Waals surface area contributed by atoms with E-state index in [0.29, 0.717) is 4.91 Å². The predicted molar refractivity (Wildman–Crippen MR) is 127 cm³/mol. The van der Waals surface area contributed by atoms with Gasteiger partial charge in [0.2, 0.25) is 0 Å². The number of morpholine rings is 1. The molecule has 0 spiro atoms. The third-order valence-electron chi connectivity index (χ3n) is 5.76. The van der Waals surface area contributed by atoms with Gasteiger partial charge in [0, 0.05) is 31.2 Å². The SMILES string of the molecule is O=C1NC(=O)C(=Cc2ccc3nccc(-c4cccc(CCN5CCOCC5)c4)c3c2)S1. The molecule has 32 heavy (non-hydrogen) atoms. The summed E-state index contributed by atoms with van der Waals surface area (Å²) in [6.07, 6.45) is 4.57. The van der Waals surface area contributed by atoms with Gasteiger partial charge in [-0.1, -0.05) is 30.3 Å². The topological polar surface area (TPSA) is 71.5 Å². The number of nitrogens with zero attached hydrogens (tertiary/aromatic N) is 2. The van der Waals surface area contributed by atoms with Crippen molar-refractivity contribution in [1.29, 1.82) is 0 Å². The van der Waals surface area contributed by atoms with Gasteiger partial charge in [-0.3, -0.25) is 24.8 Å². The maximum atomic E-state index is 11.9. The molecule has 0 unspecified atom stereocenters. The van der Waals surface area contributed by atoms with E-state index in [1.807, 2.05) is 30.5 Å². The van der Waals surface area contributed by atoms with Crippen molar-refractivity contribution in [2.24, 2.45) is 0 Å². The third-order valence-corrected chi connectivity index (χ3v) is 6.57. The number of thioether (sulfide) groups is 1. The fraction of sp³-hybridized carbons (Fsp3) is 0.240. The summed E-state index contributed by atoms with van der Waals surface area (Å²) in [6, 6.07) is 16.6. The number of hydrogen-bond acceptors (Lipinski definition) is 6. The molecule has 2 saturated heterocycles. The van der Waals surface area contributed by atoms with Crippen LogP contribution in [0.5, 0.6) is 0 Å². The minimum atomic E-state index is -0.348. The Bertz CT molecular complexity index is 1220. The van der Waals surface area contributed by atoms with Gasteiger partial charge in [0.1, 0.15) is 0 Å². The molecule has 0 atom stereocenters. The van der Waals surface area contributed by atoms with E-state index in [1.165, 1.54) is 5.56 Å². The lowest BCUT2D eigenvalue weighted by molar-refractivity contribution is -0.115. The van der Waals surface area contributed by atoms with Crippen molar-refractivity contribution in [3.05, 3.63) is 70.8 Å². The molecule has 1 aromatic heterocycles. The van der Waals surface area contributed by atoms with Crippen LogP contribution in [0.1, 0.15) is 11.1 Å². The number of pyridine rings is 1. The molecular formula is C25H23N3O3S. The first-order chi connectivity index (χ1) is 15.7. The van der Waals surface area contributed by atoms with Crippen LogP contribution in [-0.4, -0.2) is 53.9 Å². The lowest BCUT2D eigenvalue weighted by atomic mass is 9.97. The molecule has 7 heteroatoms. The molecule has 1 N–H and O–H groups in total. The number of benzene rings is 2. The highest BCUT2D eigenvalue weighted by molar-refractivity contribution is 8.18. The van der Waals surface area contributed by atoms with Crippen LogP contribution in [0, 0.1) is 0 Å². The Kier molecular flexibility index (Phi) is 6.03. The summed E-state index contributed by atoms with van der Waals surface area (Å²) in [4.78, 5) is 30.7. The standard InChI is InChI=1S/C25H23N3O3S/c29-24-23(32-25(30)27-24)16-18-4-5-22-21(15-18)20(6-8-26-22)19-3-1-2-17(14-19)7-9-28-10-12-31-13-11-28/h1-6,8,14-16H,7,9-13H2,(H,27,29,30). The van der Waals surface area contributed by atoms with Crippen molar-refractivity contribution in [2.45, 2.75) is 6.42 Å². The van der Waals surface area contributed by atoms with Crippen molar-refractivity contribution >= 4 is 39.9 Å². The molecule has 2 aliphatic rings. The third kappa shape index (κ3) is 4.60. The predicted octanol–water partition coefficient (Wildman–Crippen LogP) is 4.10. The number of ether oxygens (including phenoxy) is 1. The summed E-state index contributed by atoms with van der Waals surface area (Å²) in [5.41, 5.74) is 5.30. The highest BCUT2D eigenvalue weighted by Crippen LogP contribution is 2.31. The summed E-state index contributed by atoms with van der Waals surface area (Å²) in [7, 11) is 0. The molecule has 0 bridgehead atoms. The van der Waals surface area contributed by atoms with Crippen LogP contribution in [-0.2, 0) is 16.0 Å². The monoisotopic (exact) mass is 445 g/mol. The van der Waals surface area contributed by atoms with Gasteiger partial charge in [0.25, 0.3) is 11.1 Å². The Morgan fingerprint density at radius 1 is 1.09 bits per heavy atom. The Morgan fingerprint density at radius 3 is 2.78 bits per heavy atom. The van der Waals surface area contributed by atoms with Crippen LogP contribution in [0.4, 0.5) is 4.79 Å². The second kappa shape index (κ2) is 9.24. The number of nitrogens with one attached hydrogen (secondary N) is 1. The lowest BCUT2D eigenvalue weighted by Crippen LogP contribution is -2.37. The maximum Gasteiger partial charge on any atom is 0.290 e. The molecule has 5 rings (SSSR count). The molecule has 162 valence electrons. The summed E-state index contributed by atoms with van der Waals surface area (Å²) in [5, 5.41) is 2.98. The Morgan fingerprint density at radius 2 is 1.97 bits per heavy atom. The number of amides is 2. The number of imide groups is 1. The Hall–Kier alpha value is -3.00. The van der Waals surface area contributed by atoms with Crippen LogP contribution in [0.3, 0.4) is 0 Å². The molecule has 3 aromatic rings. The van der Waals surface area contributed by atoms with Gasteiger partial charge in [-0.15, -0.1) is 0 Å². The first kappa shape index (κ1) is 20.9. The van der Waals surface area contributed by atoms with Gasteiger partial charge in [0.05, 0.1) is 23.6 Å². The maximum absolute atomic E-state index is 11.9. The van der Waals surface area contributed by atoms with Crippen LogP contribution in [0.25, 0.3) is 28.1 Å². The normalized spacial score (nSPS) is 18.4. The van der Waals surface area contributed by atoms with Crippen molar-refractivity contribution < 1.29 is 14.3 Å². The van der Waals surface area contributed by atoms with Gasteiger partial charge >= 0.3 is 0 Å². The molecule has 0 radical (unpaired) electrons. The molecule has 2 aliphatic heterocycles. The fourth-order valence-electron chi connectivity index (χ4n) is 4.08. The quantitative estimate of drug-likeness (QED) is 0.596. The molecular weight excluding hydrogens is 422 g/mol. The van der Waals surface area contributed by atoms with E-state index in [0.717, 1.165) is 78.6 Å². The van der Waals surface area contributed by atoms with Crippen molar-refractivity contribution in [2.75, 3.05) is 32.8 Å². The molecule has 6 nitrogen and oxygen atoms in total. The molecule has 0 aliphatic carbocycles. The zero-order chi connectivity index (χ0) is 21.9. The highest BCUT2D eigenvalue weighted by atomic mass is 32.2. The molecule has 2 fully saturated rings.